The molecular formula is C15H18N2O3S. The minimum Gasteiger partial charge on any atom is -0.487 e. The smallest absolute Gasteiger partial charge is 0.242 e. The van der Waals surface area contributed by atoms with Crippen molar-refractivity contribution in [3.8, 4) is 5.75 Å². The van der Waals surface area contributed by atoms with Crippen LogP contribution >= 0.6 is 0 Å². The Morgan fingerprint density at radius 1 is 1.14 bits per heavy atom. The number of benzene rings is 1. The first kappa shape index (κ1) is 15.5. The fourth-order valence-electron chi connectivity index (χ4n) is 1.75. The Kier molecular flexibility index (Phi) is 4.59. The van der Waals surface area contributed by atoms with Crippen LogP contribution in [0.2, 0.25) is 0 Å². The molecule has 112 valence electrons. The minimum absolute atomic E-state index is 0.272. The van der Waals surface area contributed by atoms with Gasteiger partial charge in [0.15, 0.2) is 0 Å². The maximum absolute atomic E-state index is 12.0. The Bertz CT molecular complexity index is 710. The summed E-state index contributed by atoms with van der Waals surface area (Å²) in [5.41, 5.74) is 1.72. The largest absolute Gasteiger partial charge is 0.487 e. The molecule has 0 aliphatic rings. The molecule has 0 aliphatic carbocycles. The first-order valence-electron chi connectivity index (χ1n) is 6.47. The average molecular weight is 306 g/mol. The topological polar surface area (TPSA) is 59.5 Å². The second kappa shape index (κ2) is 6.24. The number of aryl methyl sites for hydroxylation is 1. The molecule has 2 rings (SSSR count). The van der Waals surface area contributed by atoms with E-state index in [4.69, 9.17) is 4.74 Å². The molecule has 0 fully saturated rings. The van der Waals surface area contributed by atoms with E-state index >= 15 is 0 Å². The van der Waals surface area contributed by atoms with Gasteiger partial charge in [0, 0.05) is 20.3 Å². The van der Waals surface area contributed by atoms with Gasteiger partial charge >= 0.3 is 0 Å². The van der Waals surface area contributed by atoms with E-state index in [1.54, 1.807) is 30.5 Å². The van der Waals surface area contributed by atoms with Crippen molar-refractivity contribution in [3.05, 3.63) is 53.9 Å². The summed E-state index contributed by atoms with van der Waals surface area (Å²) < 4.78 is 30.8. The molecule has 0 aliphatic heterocycles. The third-order valence-corrected chi connectivity index (χ3v) is 4.88. The lowest BCUT2D eigenvalue weighted by molar-refractivity contribution is 0.302. The Labute approximate surface area is 125 Å². The number of hydrogen-bond donors (Lipinski definition) is 0. The Morgan fingerprint density at radius 3 is 2.38 bits per heavy atom. The number of sulfonamides is 1. The Hall–Kier alpha value is -1.92. The molecule has 6 heteroatoms. The lowest BCUT2D eigenvalue weighted by Gasteiger charge is -2.12. The van der Waals surface area contributed by atoms with E-state index in [1.165, 1.54) is 18.4 Å². The highest BCUT2D eigenvalue weighted by molar-refractivity contribution is 7.89. The summed E-state index contributed by atoms with van der Waals surface area (Å²) in [6.07, 6.45) is 1.71. The summed E-state index contributed by atoms with van der Waals surface area (Å²) in [5.74, 6) is 0.725. The van der Waals surface area contributed by atoms with Crippen LogP contribution in [0.15, 0.2) is 47.5 Å². The highest BCUT2D eigenvalue weighted by Crippen LogP contribution is 2.17. The van der Waals surface area contributed by atoms with Crippen molar-refractivity contribution in [3.63, 3.8) is 0 Å². The van der Waals surface area contributed by atoms with Gasteiger partial charge in [0.25, 0.3) is 0 Å². The molecule has 0 radical (unpaired) electrons. The zero-order valence-electron chi connectivity index (χ0n) is 12.3. The summed E-state index contributed by atoms with van der Waals surface area (Å²) in [6.45, 7) is 2.25. The number of hydrogen-bond acceptors (Lipinski definition) is 4. The maximum Gasteiger partial charge on any atom is 0.242 e. The normalized spacial score (nSPS) is 11.6. The third kappa shape index (κ3) is 3.59. The molecule has 1 aromatic carbocycles. The molecule has 0 saturated heterocycles. The highest BCUT2D eigenvalue weighted by Gasteiger charge is 2.16. The second-order valence-corrected chi connectivity index (χ2v) is 6.96. The molecule has 0 saturated carbocycles. The predicted molar refractivity (Wildman–Crippen MR) is 80.6 cm³/mol. The van der Waals surface area contributed by atoms with Crippen molar-refractivity contribution in [2.45, 2.75) is 18.4 Å². The van der Waals surface area contributed by atoms with Crippen molar-refractivity contribution in [2.75, 3.05) is 14.1 Å². The lowest BCUT2D eigenvalue weighted by Crippen LogP contribution is -2.22. The van der Waals surface area contributed by atoms with Crippen LogP contribution in [-0.4, -0.2) is 31.8 Å². The molecule has 0 atom stereocenters. The number of pyridine rings is 1. The molecule has 5 nitrogen and oxygen atoms in total. The first-order chi connectivity index (χ1) is 9.91. The van der Waals surface area contributed by atoms with Gasteiger partial charge in [-0.05, 0) is 36.8 Å². The fraction of sp³-hybridized carbons (Fsp3) is 0.267. The standard InChI is InChI=1S/C15H18N2O3S/c1-12-15(5-4-10-16-12)20-11-13-6-8-14(9-7-13)21(18,19)17(2)3/h4-10H,11H2,1-3H3. The van der Waals surface area contributed by atoms with E-state index in [-0.39, 0.29) is 4.90 Å². The predicted octanol–water partition coefficient (Wildman–Crippen LogP) is 2.22. The highest BCUT2D eigenvalue weighted by atomic mass is 32.2. The van der Waals surface area contributed by atoms with Crippen molar-refractivity contribution in [2.24, 2.45) is 0 Å². The molecule has 0 bridgehead atoms. The molecule has 0 spiro atoms. The first-order valence-corrected chi connectivity index (χ1v) is 7.91. The van der Waals surface area contributed by atoms with Crippen LogP contribution in [0, 0.1) is 6.92 Å². The van der Waals surface area contributed by atoms with E-state index in [9.17, 15) is 8.42 Å². The SMILES string of the molecule is Cc1ncccc1OCc1ccc(S(=O)(=O)N(C)C)cc1. The van der Waals surface area contributed by atoms with Crippen LogP contribution in [0.25, 0.3) is 0 Å². The van der Waals surface area contributed by atoms with Crippen molar-refractivity contribution >= 4 is 10.0 Å². The summed E-state index contributed by atoms with van der Waals surface area (Å²) in [6, 6.07) is 10.3. The molecule has 21 heavy (non-hydrogen) atoms. The van der Waals surface area contributed by atoms with Crippen LogP contribution in [-0.2, 0) is 16.6 Å². The van der Waals surface area contributed by atoms with Gasteiger partial charge in [-0.15, -0.1) is 0 Å². The van der Waals surface area contributed by atoms with E-state index in [1.807, 2.05) is 19.1 Å². The van der Waals surface area contributed by atoms with E-state index in [2.05, 4.69) is 4.98 Å². The van der Waals surface area contributed by atoms with Gasteiger partial charge < -0.3 is 4.74 Å². The van der Waals surface area contributed by atoms with Gasteiger partial charge in [-0.2, -0.15) is 0 Å². The van der Waals surface area contributed by atoms with Crippen molar-refractivity contribution in [1.29, 1.82) is 0 Å². The lowest BCUT2D eigenvalue weighted by atomic mass is 10.2. The van der Waals surface area contributed by atoms with Crippen molar-refractivity contribution in [1.82, 2.24) is 9.29 Å². The van der Waals surface area contributed by atoms with E-state index < -0.39 is 10.0 Å². The van der Waals surface area contributed by atoms with Crippen LogP contribution in [0.4, 0.5) is 0 Å². The fourth-order valence-corrected chi connectivity index (χ4v) is 2.65. The number of ether oxygens (including phenoxy) is 1. The van der Waals surface area contributed by atoms with Gasteiger partial charge in [0.05, 0.1) is 10.6 Å². The van der Waals surface area contributed by atoms with Crippen LogP contribution in [0.3, 0.4) is 0 Å². The zero-order chi connectivity index (χ0) is 15.5. The van der Waals surface area contributed by atoms with Gasteiger partial charge in [-0.1, -0.05) is 12.1 Å². The summed E-state index contributed by atoms with van der Waals surface area (Å²) >= 11 is 0. The van der Waals surface area contributed by atoms with Crippen LogP contribution < -0.4 is 4.74 Å². The average Bonchev–Trinajstić information content (AvgIpc) is 2.46. The maximum atomic E-state index is 12.0. The Morgan fingerprint density at radius 2 is 1.81 bits per heavy atom. The van der Waals surface area contributed by atoms with E-state index in [0.29, 0.717) is 6.61 Å². The number of nitrogens with zero attached hydrogens (tertiary/aromatic N) is 2. The number of aromatic nitrogens is 1. The van der Waals surface area contributed by atoms with Gasteiger partial charge in [0.1, 0.15) is 12.4 Å². The second-order valence-electron chi connectivity index (χ2n) is 4.81. The molecule has 0 amide bonds. The quantitative estimate of drug-likeness (QED) is 0.850. The monoisotopic (exact) mass is 306 g/mol. The molecule has 1 aromatic heterocycles. The minimum atomic E-state index is -3.38. The van der Waals surface area contributed by atoms with Crippen LogP contribution in [0.1, 0.15) is 11.3 Å². The Balaban J connectivity index is 2.09. The van der Waals surface area contributed by atoms with E-state index in [0.717, 1.165) is 17.0 Å². The van der Waals surface area contributed by atoms with Gasteiger partial charge in [0.2, 0.25) is 10.0 Å². The van der Waals surface area contributed by atoms with Crippen molar-refractivity contribution < 1.29 is 13.2 Å². The molecule has 2 aromatic rings. The molecular weight excluding hydrogens is 288 g/mol. The zero-order valence-corrected chi connectivity index (χ0v) is 13.1. The summed E-state index contributed by atoms with van der Waals surface area (Å²) in [7, 11) is -0.362. The van der Waals surface area contributed by atoms with Gasteiger partial charge in [-0.3, -0.25) is 4.98 Å². The van der Waals surface area contributed by atoms with Crippen LogP contribution in [0.5, 0.6) is 5.75 Å². The molecule has 1 heterocycles. The summed E-state index contributed by atoms with van der Waals surface area (Å²) in [4.78, 5) is 4.42. The molecule has 0 unspecified atom stereocenters. The summed E-state index contributed by atoms with van der Waals surface area (Å²) in [5, 5.41) is 0. The third-order valence-electron chi connectivity index (χ3n) is 3.05. The van der Waals surface area contributed by atoms with Gasteiger partial charge in [-0.25, -0.2) is 12.7 Å². The number of rotatable bonds is 5. The molecule has 0 N–H and O–H groups in total.